The monoisotopic (exact) mass is 269 g/mol. The zero-order valence-corrected chi connectivity index (χ0v) is 10.8. The van der Waals surface area contributed by atoms with Crippen LogP contribution in [0, 0.1) is 5.82 Å². The molecule has 2 aromatic rings. The van der Waals surface area contributed by atoms with Crippen LogP contribution in [0.5, 0.6) is 0 Å². The molecule has 0 saturated heterocycles. The lowest BCUT2D eigenvalue weighted by Crippen LogP contribution is -2.14. The van der Waals surface area contributed by atoms with Crippen LogP contribution in [0.15, 0.2) is 22.6 Å². The van der Waals surface area contributed by atoms with E-state index in [1.165, 1.54) is 37.1 Å². The van der Waals surface area contributed by atoms with Crippen molar-refractivity contribution in [2.45, 2.75) is 17.9 Å². The zero-order chi connectivity index (χ0) is 13.1. The fourth-order valence-electron chi connectivity index (χ4n) is 1.44. The maximum absolute atomic E-state index is 13.0. The van der Waals surface area contributed by atoms with Crippen molar-refractivity contribution in [2.75, 3.05) is 7.11 Å². The predicted octanol–water partition coefficient (Wildman–Crippen LogP) is 2.76. The molecule has 2 rings (SSSR count). The third-order valence-corrected chi connectivity index (χ3v) is 3.49. The smallest absolute Gasteiger partial charge is 0.318 e. The van der Waals surface area contributed by atoms with Crippen LogP contribution < -0.4 is 0 Å². The number of carbonyl (C=O) groups is 1. The summed E-state index contributed by atoms with van der Waals surface area (Å²) in [5.41, 5.74) is 1.02. The lowest BCUT2D eigenvalue weighted by Gasteiger charge is -2.06. The van der Waals surface area contributed by atoms with Gasteiger partial charge in [-0.2, -0.15) is 0 Å². The van der Waals surface area contributed by atoms with Gasteiger partial charge in [0, 0.05) is 6.07 Å². The van der Waals surface area contributed by atoms with Gasteiger partial charge in [-0.1, -0.05) is 0 Å². The van der Waals surface area contributed by atoms with Crippen LogP contribution in [-0.2, 0) is 15.3 Å². The van der Waals surface area contributed by atoms with Gasteiger partial charge < -0.3 is 9.15 Å². The Bertz CT molecular complexity index is 569. The fourth-order valence-corrected chi connectivity index (χ4v) is 2.19. The molecule has 4 nitrogen and oxygen atoms in total. The quantitative estimate of drug-likeness (QED) is 0.799. The fraction of sp³-hybridized carbons (Fsp3) is 0.333. The second-order valence-electron chi connectivity index (χ2n) is 3.70. The number of fused-ring (bicyclic) bond motifs is 1. The first-order chi connectivity index (χ1) is 8.60. The average Bonchev–Trinajstić information content (AvgIpc) is 2.76. The minimum Gasteiger partial charge on any atom is -0.468 e. The van der Waals surface area contributed by atoms with E-state index >= 15 is 0 Å². The Morgan fingerprint density at radius 1 is 1.61 bits per heavy atom. The normalized spacial score (nSPS) is 12.6. The van der Waals surface area contributed by atoms with Crippen molar-refractivity contribution in [3.05, 3.63) is 29.9 Å². The van der Waals surface area contributed by atoms with Gasteiger partial charge in [0.05, 0.1) is 12.9 Å². The number of esters is 1. The van der Waals surface area contributed by atoms with Crippen molar-refractivity contribution >= 4 is 28.8 Å². The van der Waals surface area contributed by atoms with Gasteiger partial charge in [-0.05, 0) is 19.1 Å². The number of thioether (sulfide) groups is 1. The van der Waals surface area contributed by atoms with E-state index in [1.807, 2.05) is 0 Å². The standard InChI is InChI=1S/C12H12FNO3S/c1-7(12(15)16-2)18-6-11-14-9-5-8(13)3-4-10(9)17-11/h3-5,7H,6H2,1-2H3/t7-/m1/s1. The van der Waals surface area contributed by atoms with Crippen LogP contribution in [0.25, 0.3) is 11.1 Å². The van der Waals surface area contributed by atoms with Crippen molar-refractivity contribution in [1.29, 1.82) is 0 Å². The number of hydrogen-bond acceptors (Lipinski definition) is 5. The molecule has 0 saturated carbocycles. The van der Waals surface area contributed by atoms with Crippen LogP contribution in [0.1, 0.15) is 12.8 Å². The second-order valence-corrected chi connectivity index (χ2v) is 5.03. The van der Waals surface area contributed by atoms with Crippen molar-refractivity contribution in [3.63, 3.8) is 0 Å². The van der Waals surface area contributed by atoms with E-state index in [0.717, 1.165) is 0 Å². The van der Waals surface area contributed by atoms with E-state index in [2.05, 4.69) is 9.72 Å². The predicted molar refractivity (Wildman–Crippen MR) is 66.7 cm³/mol. The molecule has 0 radical (unpaired) electrons. The molecule has 0 spiro atoms. The van der Waals surface area contributed by atoms with E-state index in [-0.39, 0.29) is 17.0 Å². The molecule has 0 fully saturated rings. The summed E-state index contributed by atoms with van der Waals surface area (Å²) in [5.74, 6) is 0.267. The highest BCUT2D eigenvalue weighted by molar-refractivity contribution is 7.99. The Balaban J connectivity index is 2.06. The Morgan fingerprint density at radius 2 is 2.39 bits per heavy atom. The van der Waals surface area contributed by atoms with Crippen molar-refractivity contribution in [2.24, 2.45) is 0 Å². The van der Waals surface area contributed by atoms with Crippen molar-refractivity contribution in [3.8, 4) is 0 Å². The number of carbonyl (C=O) groups excluding carboxylic acids is 1. The molecule has 0 aliphatic carbocycles. The van der Waals surface area contributed by atoms with Crippen molar-refractivity contribution in [1.82, 2.24) is 4.98 Å². The maximum Gasteiger partial charge on any atom is 0.318 e. The molecule has 0 aliphatic rings. The van der Waals surface area contributed by atoms with Gasteiger partial charge in [0.15, 0.2) is 5.58 Å². The lowest BCUT2D eigenvalue weighted by atomic mass is 10.3. The first kappa shape index (κ1) is 12.9. The molecule has 1 aromatic carbocycles. The highest BCUT2D eigenvalue weighted by Crippen LogP contribution is 2.22. The van der Waals surface area contributed by atoms with E-state index in [4.69, 9.17) is 4.42 Å². The number of benzene rings is 1. The summed E-state index contributed by atoms with van der Waals surface area (Å²) in [7, 11) is 1.35. The molecule has 1 heterocycles. The number of ether oxygens (including phenoxy) is 1. The van der Waals surface area contributed by atoms with Crippen LogP contribution in [-0.4, -0.2) is 23.3 Å². The SMILES string of the molecule is COC(=O)[C@@H](C)SCc1nc2cc(F)ccc2o1. The second kappa shape index (κ2) is 5.39. The largest absolute Gasteiger partial charge is 0.468 e. The number of oxazole rings is 1. The van der Waals surface area contributed by atoms with Gasteiger partial charge in [-0.25, -0.2) is 9.37 Å². The summed E-state index contributed by atoms with van der Waals surface area (Å²) >= 11 is 1.36. The van der Waals surface area contributed by atoms with E-state index in [9.17, 15) is 9.18 Å². The minimum atomic E-state index is -0.349. The number of aromatic nitrogens is 1. The van der Waals surface area contributed by atoms with E-state index < -0.39 is 0 Å². The summed E-state index contributed by atoms with van der Waals surface area (Å²) in [6, 6.07) is 4.17. The molecule has 1 atom stereocenters. The third-order valence-electron chi connectivity index (χ3n) is 2.38. The molecule has 18 heavy (non-hydrogen) atoms. The molecule has 0 N–H and O–H groups in total. The van der Waals surface area contributed by atoms with Crippen LogP contribution in [0.2, 0.25) is 0 Å². The van der Waals surface area contributed by atoms with Crippen molar-refractivity contribution < 1.29 is 18.3 Å². The number of rotatable bonds is 4. The molecule has 0 aliphatic heterocycles. The highest BCUT2D eigenvalue weighted by atomic mass is 32.2. The Labute approximate surface area is 108 Å². The Kier molecular flexibility index (Phi) is 3.86. The Morgan fingerprint density at radius 3 is 3.11 bits per heavy atom. The van der Waals surface area contributed by atoms with Gasteiger partial charge >= 0.3 is 5.97 Å². The summed E-state index contributed by atoms with van der Waals surface area (Å²) in [4.78, 5) is 15.4. The molecular formula is C12H12FNO3S. The van der Waals surface area contributed by atoms with Crippen LogP contribution >= 0.6 is 11.8 Å². The van der Waals surface area contributed by atoms with Gasteiger partial charge in [0.25, 0.3) is 0 Å². The number of halogens is 1. The van der Waals surface area contributed by atoms with Gasteiger partial charge in [-0.15, -0.1) is 11.8 Å². The van der Waals surface area contributed by atoms with Crippen LogP contribution in [0.4, 0.5) is 4.39 Å². The maximum atomic E-state index is 13.0. The minimum absolute atomic E-state index is 0.290. The molecule has 96 valence electrons. The third kappa shape index (κ3) is 2.81. The number of methoxy groups -OCH3 is 1. The first-order valence-electron chi connectivity index (χ1n) is 5.34. The summed E-state index contributed by atoms with van der Waals surface area (Å²) in [5, 5.41) is -0.290. The molecular weight excluding hydrogens is 257 g/mol. The number of nitrogens with zero attached hydrogens (tertiary/aromatic N) is 1. The summed E-state index contributed by atoms with van der Waals surface area (Å²) < 4.78 is 23.0. The molecule has 6 heteroatoms. The van der Waals surface area contributed by atoms with Gasteiger partial charge in [0.2, 0.25) is 5.89 Å². The molecule has 1 aromatic heterocycles. The van der Waals surface area contributed by atoms with E-state index in [1.54, 1.807) is 6.92 Å². The average molecular weight is 269 g/mol. The summed E-state index contributed by atoms with van der Waals surface area (Å²) in [6.07, 6.45) is 0. The number of hydrogen-bond donors (Lipinski definition) is 0. The lowest BCUT2D eigenvalue weighted by molar-refractivity contribution is -0.139. The van der Waals surface area contributed by atoms with Gasteiger partial charge in [0.1, 0.15) is 16.6 Å². The molecule has 0 unspecified atom stereocenters. The van der Waals surface area contributed by atoms with E-state index in [0.29, 0.717) is 22.7 Å². The summed E-state index contributed by atoms with van der Waals surface area (Å²) in [6.45, 7) is 1.75. The zero-order valence-electron chi connectivity index (χ0n) is 9.97. The topological polar surface area (TPSA) is 52.3 Å². The van der Waals surface area contributed by atoms with Crippen LogP contribution in [0.3, 0.4) is 0 Å². The molecule has 0 bridgehead atoms. The first-order valence-corrected chi connectivity index (χ1v) is 6.39. The molecule has 0 amide bonds. The Hall–Kier alpha value is -1.56. The van der Waals surface area contributed by atoms with Gasteiger partial charge in [-0.3, -0.25) is 4.79 Å². The highest BCUT2D eigenvalue weighted by Gasteiger charge is 2.15.